The van der Waals surface area contributed by atoms with E-state index in [1.165, 1.54) is 11.8 Å². The normalized spacial score (nSPS) is 13.7. The first-order valence-electron chi connectivity index (χ1n) is 12.1. The van der Waals surface area contributed by atoms with Gasteiger partial charge in [0.05, 0.1) is 11.4 Å². The summed E-state index contributed by atoms with van der Waals surface area (Å²) in [6.07, 6.45) is 0. The fourth-order valence-electron chi connectivity index (χ4n) is 3.87. The summed E-state index contributed by atoms with van der Waals surface area (Å²) < 4.78 is 38.4. The summed E-state index contributed by atoms with van der Waals surface area (Å²) >= 11 is 0. The zero-order valence-electron chi connectivity index (χ0n) is 21.5. The molecule has 0 saturated carbocycles. The average molecular weight is 518 g/mol. The van der Waals surface area contributed by atoms with Crippen LogP contribution >= 0.6 is 0 Å². The summed E-state index contributed by atoms with van der Waals surface area (Å²) in [5, 5.41) is 2.84. The van der Waals surface area contributed by atoms with Crippen LogP contribution in [-0.2, 0) is 26.2 Å². The first-order valence-corrected chi connectivity index (χ1v) is 13.7. The van der Waals surface area contributed by atoms with Gasteiger partial charge in [-0.3, -0.25) is 13.9 Å². The van der Waals surface area contributed by atoms with Gasteiger partial charge in [-0.1, -0.05) is 24.3 Å². The molecule has 1 heterocycles. The highest BCUT2D eigenvalue weighted by atomic mass is 32.2. The van der Waals surface area contributed by atoms with Gasteiger partial charge in [-0.2, -0.15) is 0 Å². The van der Waals surface area contributed by atoms with Crippen LogP contribution in [0.4, 0.5) is 5.69 Å². The number of aryl methyl sites for hydroxylation is 1. The Morgan fingerprint density at radius 1 is 1.03 bits per heavy atom. The fraction of sp³-hybridized carbons (Fsp3) is 0.462. The van der Waals surface area contributed by atoms with E-state index in [9.17, 15) is 18.0 Å². The molecule has 0 saturated heterocycles. The van der Waals surface area contributed by atoms with Crippen LogP contribution in [0.25, 0.3) is 0 Å². The highest BCUT2D eigenvalue weighted by molar-refractivity contribution is 7.92. The Kier molecular flexibility index (Phi) is 8.84. The first-order chi connectivity index (χ1) is 17.0. The van der Waals surface area contributed by atoms with Crippen molar-refractivity contribution in [2.45, 2.75) is 53.2 Å². The zero-order valence-corrected chi connectivity index (χ0v) is 22.3. The van der Waals surface area contributed by atoms with E-state index >= 15 is 0 Å². The Bertz CT molecular complexity index is 1200. The molecule has 1 aliphatic heterocycles. The van der Waals surface area contributed by atoms with Gasteiger partial charge in [0, 0.05) is 18.7 Å². The third-order valence-corrected chi connectivity index (χ3v) is 7.73. The second-order valence-electron chi connectivity index (χ2n) is 9.02. The van der Waals surface area contributed by atoms with Gasteiger partial charge in [0.25, 0.3) is 0 Å². The number of anilines is 1. The molecular formula is C26H35N3O6S. The molecule has 1 aliphatic rings. The number of sulfonamides is 1. The molecule has 0 fully saturated rings. The second kappa shape index (κ2) is 11.6. The summed E-state index contributed by atoms with van der Waals surface area (Å²) in [5.41, 5.74) is 2.14. The number of carbonyl (C=O) groups excluding carboxylic acids is 2. The highest BCUT2D eigenvalue weighted by Crippen LogP contribution is 2.35. The maximum atomic E-state index is 13.7. The van der Waals surface area contributed by atoms with Crippen molar-refractivity contribution in [2.75, 3.05) is 29.8 Å². The third-order valence-electron chi connectivity index (χ3n) is 5.99. The van der Waals surface area contributed by atoms with Crippen molar-refractivity contribution < 1.29 is 27.5 Å². The van der Waals surface area contributed by atoms with E-state index in [1.807, 2.05) is 45.0 Å². The van der Waals surface area contributed by atoms with Crippen molar-refractivity contribution in [3.63, 3.8) is 0 Å². The molecule has 10 heteroatoms. The van der Waals surface area contributed by atoms with Crippen LogP contribution in [0.15, 0.2) is 42.5 Å². The number of nitrogens with zero attached hydrogens (tertiary/aromatic N) is 2. The van der Waals surface area contributed by atoms with Gasteiger partial charge >= 0.3 is 0 Å². The third kappa shape index (κ3) is 6.48. The highest BCUT2D eigenvalue weighted by Gasteiger charge is 2.32. The monoisotopic (exact) mass is 517 g/mol. The lowest BCUT2D eigenvalue weighted by Gasteiger charge is -2.32. The number of hydrogen-bond donors (Lipinski definition) is 1. The summed E-state index contributed by atoms with van der Waals surface area (Å²) in [6, 6.07) is 11.5. The number of amides is 2. The average Bonchev–Trinajstić information content (AvgIpc) is 2.85. The maximum Gasteiger partial charge on any atom is 0.244 e. The lowest BCUT2D eigenvalue weighted by atomic mass is 10.1. The van der Waals surface area contributed by atoms with E-state index < -0.39 is 28.5 Å². The smallest absolute Gasteiger partial charge is 0.244 e. The van der Waals surface area contributed by atoms with Gasteiger partial charge in [-0.25, -0.2) is 8.42 Å². The van der Waals surface area contributed by atoms with Gasteiger partial charge in [-0.05, 0) is 57.9 Å². The van der Waals surface area contributed by atoms with E-state index in [1.54, 1.807) is 25.1 Å². The maximum absolute atomic E-state index is 13.7. The van der Waals surface area contributed by atoms with Crippen molar-refractivity contribution in [3.8, 4) is 11.5 Å². The van der Waals surface area contributed by atoms with Gasteiger partial charge in [0.15, 0.2) is 11.5 Å². The zero-order chi connectivity index (χ0) is 26.5. The van der Waals surface area contributed by atoms with Crippen LogP contribution in [0.1, 0.15) is 38.8 Å². The van der Waals surface area contributed by atoms with Crippen molar-refractivity contribution >= 4 is 27.5 Å². The second-order valence-corrected chi connectivity index (χ2v) is 11.2. The topological polar surface area (TPSA) is 105 Å². The molecule has 0 aromatic heterocycles. The lowest BCUT2D eigenvalue weighted by molar-refractivity contribution is -0.139. The number of benzene rings is 2. The molecule has 2 amide bonds. The number of fused-ring (bicyclic) bond motifs is 1. The van der Waals surface area contributed by atoms with Crippen molar-refractivity contribution in [1.82, 2.24) is 10.2 Å². The largest absolute Gasteiger partial charge is 0.486 e. The number of nitrogens with one attached hydrogen (secondary N) is 1. The lowest BCUT2D eigenvalue weighted by Crippen LogP contribution is -2.52. The van der Waals surface area contributed by atoms with E-state index in [0.717, 1.165) is 15.4 Å². The molecule has 1 N–H and O–H groups in total. The van der Waals surface area contributed by atoms with Crippen LogP contribution in [0.5, 0.6) is 11.5 Å². The molecule has 0 radical (unpaired) electrons. The van der Waals surface area contributed by atoms with Gasteiger partial charge in [-0.15, -0.1) is 0 Å². The first kappa shape index (κ1) is 27.3. The van der Waals surface area contributed by atoms with Crippen LogP contribution in [0, 0.1) is 6.92 Å². The predicted molar refractivity (Wildman–Crippen MR) is 139 cm³/mol. The van der Waals surface area contributed by atoms with Crippen molar-refractivity contribution in [2.24, 2.45) is 0 Å². The molecule has 0 spiro atoms. The molecule has 2 aromatic rings. The number of ether oxygens (including phenoxy) is 2. The minimum absolute atomic E-state index is 0.106. The van der Waals surface area contributed by atoms with Crippen LogP contribution in [0.2, 0.25) is 0 Å². The Balaban J connectivity index is 1.96. The minimum atomic E-state index is -3.83. The van der Waals surface area contributed by atoms with Gasteiger partial charge in [0.1, 0.15) is 25.8 Å². The van der Waals surface area contributed by atoms with Gasteiger partial charge in [0.2, 0.25) is 21.8 Å². The Hall–Kier alpha value is -3.27. The quantitative estimate of drug-likeness (QED) is 0.520. The molecule has 3 rings (SSSR count). The molecule has 2 aromatic carbocycles. The molecule has 9 nitrogen and oxygen atoms in total. The van der Waals surface area contributed by atoms with E-state index in [4.69, 9.17) is 9.47 Å². The Labute approximate surface area is 213 Å². The van der Waals surface area contributed by atoms with Crippen LogP contribution in [0.3, 0.4) is 0 Å². The fourth-order valence-corrected chi connectivity index (χ4v) is 4.92. The Morgan fingerprint density at radius 2 is 1.69 bits per heavy atom. The number of rotatable bonds is 10. The number of hydrogen-bond acceptors (Lipinski definition) is 6. The van der Waals surface area contributed by atoms with E-state index in [0.29, 0.717) is 30.4 Å². The molecule has 196 valence electrons. The SMILES string of the molecule is CCS(=O)(=O)N(CC(=O)N(Cc1ccccc1C)[C@@H](C)C(=O)NC(C)C)c1ccc2c(c1)OCCO2. The minimum Gasteiger partial charge on any atom is -0.486 e. The van der Waals surface area contributed by atoms with Crippen molar-refractivity contribution in [1.29, 1.82) is 0 Å². The summed E-state index contributed by atoms with van der Waals surface area (Å²) in [7, 11) is -3.83. The molecular weight excluding hydrogens is 482 g/mol. The number of carbonyl (C=O) groups is 2. The Morgan fingerprint density at radius 3 is 2.33 bits per heavy atom. The van der Waals surface area contributed by atoms with Gasteiger partial charge < -0.3 is 19.7 Å². The summed E-state index contributed by atoms with van der Waals surface area (Å²) in [6.45, 7) is 9.26. The molecule has 1 atom stereocenters. The molecule has 0 bridgehead atoms. The summed E-state index contributed by atoms with van der Waals surface area (Å²) in [4.78, 5) is 28.0. The van der Waals surface area contributed by atoms with Crippen molar-refractivity contribution in [3.05, 3.63) is 53.6 Å². The molecule has 36 heavy (non-hydrogen) atoms. The van der Waals surface area contributed by atoms with Crippen LogP contribution in [-0.4, -0.2) is 62.7 Å². The van der Waals surface area contributed by atoms with E-state index in [-0.39, 0.29) is 24.2 Å². The summed E-state index contributed by atoms with van der Waals surface area (Å²) in [5.74, 6) is -0.0578. The van der Waals surface area contributed by atoms with E-state index in [2.05, 4.69) is 5.32 Å². The molecule has 0 aliphatic carbocycles. The molecule has 0 unspecified atom stereocenters. The standard InChI is InChI=1S/C26H35N3O6S/c1-6-36(32,33)29(22-11-12-23-24(15-22)35-14-13-34-23)17-25(30)28(20(5)26(31)27-18(2)3)16-21-10-8-7-9-19(21)4/h7-12,15,18,20H,6,13-14,16-17H2,1-5H3,(H,27,31)/t20-/m0/s1. The van der Waals surface area contributed by atoms with Crippen LogP contribution < -0.4 is 19.1 Å². The predicted octanol–water partition coefficient (Wildman–Crippen LogP) is 2.86.